The van der Waals surface area contributed by atoms with Crippen molar-refractivity contribution < 1.29 is 27.2 Å². The van der Waals surface area contributed by atoms with Gasteiger partial charge in [-0.25, -0.2) is 9.37 Å². The number of nitrogens with zero attached hydrogens (tertiary/aromatic N) is 3. The Balaban J connectivity index is 1.48. The maximum Gasteiger partial charge on any atom is 0.405 e. The van der Waals surface area contributed by atoms with Crippen LogP contribution in [0.2, 0.25) is 0 Å². The van der Waals surface area contributed by atoms with Gasteiger partial charge in [0.05, 0.1) is 6.07 Å². The summed E-state index contributed by atoms with van der Waals surface area (Å²) in [5, 5.41) is 21.9. The quantitative estimate of drug-likeness (QED) is 0.323. The maximum absolute atomic E-state index is 14.3. The first-order chi connectivity index (χ1) is 18.5. The van der Waals surface area contributed by atoms with Gasteiger partial charge in [-0.15, -0.1) is 0 Å². The summed E-state index contributed by atoms with van der Waals surface area (Å²) >= 11 is 0. The van der Waals surface area contributed by atoms with Gasteiger partial charge in [0.1, 0.15) is 23.5 Å². The van der Waals surface area contributed by atoms with Gasteiger partial charge in [0, 0.05) is 42.5 Å². The van der Waals surface area contributed by atoms with Gasteiger partial charge < -0.3 is 20.9 Å². The molecule has 1 aliphatic heterocycles. The summed E-state index contributed by atoms with van der Waals surface area (Å²) in [7, 11) is 0. The molecule has 3 N–H and O–H groups in total. The summed E-state index contributed by atoms with van der Waals surface area (Å²) in [5.41, 5.74) is 0.456. The zero-order valence-electron chi connectivity index (χ0n) is 21.0. The van der Waals surface area contributed by atoms with Crippen LogP contribution in [0.15, 0.2) is 36.5 Å². The number of rotatable bonds is 9. The van der Waals surface area contributed by atoms with Crippen molar-refractivity contribution in [3.05, 3.63) is 64.9 Å². The lowest BCUT2D eigenvalue weighted by Crippen LogP contribution is -2.35. The minimum atomic E-state index is -4.46. The van der Waals surface area contributed by atoms with Crippen LogP contribution in [0.5, 0.6) is 0 Å². The molecule has 1 atom stereocenters. The highest BCUT2D eigenvalue weighted by atomic mass is 19.4. The van der Waals surface area contributed by atoms with Crippen molar-refractivity contribution in [2.45, 2.75) is 38.9 Å². The monoisotopic (exact) mass is 542 g/mol. The Bertz CT molecular complexity index is 1380. The van der Waals surface area contributed by atoms with Crippen LogP contribution in [-0.2, 0) is 11.3 Å². The van der Waals surface area contributed by atoms with E-state index in [1.807, 2.05) is 0 Å². The molecule has 1 aromatic carbocycles. The Labute approximate surface area is 222 Å². The third-order valence-electron chi connectivity index (χ3n) is 6.77. The molecule has 1 saturated carbocycles. The fourth-order valence-corrected chi connectivity index (χ4v) is 4.73. The second-order valence-corrected chi connectivity index (χ2v) is 9.69. The number of allylic oxidation sites excluding steroid dienone is 1. The molecule has 1 aromatic heterocycles. The number of pyridine rings is 1. The van der Waals surface area contributed by atoms with E-state index in [1.165, 1.54) is 17.0 Å². The molecule has 204 valence electrons. The molecule has 2 aliphatic rings. The number of benzene rings is 1. The number of aromatic nitrogens is 1. The normalized spacial score (nSPS) is 19.5. The van der Waals surface area contributed by atoms with E-state index in [2.05, 4.69) is 21.7 Å². The van der Waals surface area contributed by atoms with E-state index in [9.17, 15) is 32.4 Å². The van der Waals surface area contributed by atoms with E-state index in [0.29, 0.717) is 29.9 Å². The number of aryl methyl sites for hydroxylation is 1. The Morgan fingerprint density at radius 3 is 2.67 bits per heavy atom. The van der Waals surface area contributed by atoms with Crippen LogP contribution in [0.3, 0.4) is 0 Å². The van der Waals surface area contributed by atoms with Crippen LogP contribution in [0.25, 0.3) is 5.57 Å². The van der Waals surface area contributed by atoms with Gasteiger partial charge in [-0.1, -0.05) is 0 Å². The smallest absolute Gasteiger partial charge is 0.382 e. The lowest BCUT2D eigenvalue weighted by Gasteiger charge is -2.21. The fraction of sp³-hybridized carbons (Fsp3) is 0.370. The Kier molecular flexibility index (Phi) is 7.72. The molecular formula is C27H26F4N6O2. The third-order valence-corrected chi connectivity index (χ3v) is 6.77. The molecule has 0 bridgehead atoms. The lowest BCUT2D eigenvalue weighted by molar-refractivity contribution is -0.124. The van der Waals surface area contributed by atoms with E-state index in [1.54, 1.807) is 13.0 Å². The molecule has 39 heavy (non-hydrogen) atoms. The first-order valence-corrected chi connectivity index (χ1v) is 12.3. The molecule has 2 aromatic rings. The number of anilines is 1. The van der Waals surface area contributed by atoms with E-state index >= 15 is 0 Å². The largest absolute Gasteiger partial charge is 0.405 e. The number of amides is 2. The Hall–Kier alpha value is -4.27. The van der Waals surface area contributed by atoms with Gasteiger partial charge in [0.2, 0.25) is 5.91 Å². The number of halogens is 4. The van der Waals surface area contributed by atoms with Crippen LogP contribution in [0, 0.1) is 40.8 Å². The summed E-state index contributed by atoms with van der Waals surface area (Å²) in [6.07, 6.45) is -0.570. The molecule has 2 amide bonds. The highest BCUT2D eigenvalue weighted by Gasteiger charge is 2.56. The van der Waals surface area contributed by atoms with E-state index < -0.39 is 29.9 Å². The number of nitrogens with one attached hydrogen (secondary N) is 3. The molecule has 0 spiro atoms. The molecular weight excluding hydrogens is 516 g/mol. The molecule has 4 rings (SSSR count). The summed E-state index contributed by atoms with van der Waals surface area (Å²) in [6.45, 7) is 0.600. The zero-order chi connectivity index (χ0) is 28.4. The number of hydrogen-bond acceptors (Lipinski definition) is 6. The molecule has 0 radical (unpaired) electrons. The SMILES string of the molecule is Cc1cc(N2CC[C@@](C#N)(C3CC3)C2=O)cc(C(=O)NCc2cc(F)cc(/C(C=N)=C/NCC(F)(F)F)c2)n1. The first-order valence-electron chi connectivity index (χ1n) is 12.3. The van der Waals surface area contributed by atoms with Gasteiger partial charge in [-0.05, 0) is 73.6 Å². The predicted molar refractivity (Wildman–Crippen MR) is 135 cm³/mol. The molecule has 1 saturated heterocycles. The van der Waals surface area contributed by atoms with Crippen molar-refractivity contribution in [1.82, 2.24) is 15.6 Å². The maximum atomic E-state index is 14.3. The molecule has 0 unspecified atom stereocenters. The zero-order valence-corrected chi connectivity index (χ0v) is 21.0. The summed E-state index contributed by atoms with van der Waals surface area (Å²) < 4.78 is 51.5. The Morgan fingerprint density at radius 2 is 2.03 bits per heavy atom. The number of nitriles is 1. The van der Waals surface area contributed by atoms with Crippen LogP contribution in [0.4, 0.5) is 23.2 Å². The Morgan fingerprint density at radius 1 is 1.28 bits per heavy atom. The summed E-state index contributed by atoms with van der Waals surface area (Å²) in [5.74, 6) is -1.48. The van der Waals surface area contributed by atoms with Crippen molar-refractivity contribution in [1.29, 1.82) is 10.7 Å². The minimum Gasteiger partial charge on any atom is -0.382 e. The van der Waals surface area contributed by atoms with Gasteiger partial charge in [-0.2, -0.15) is 18.4 Å². The van der Waals surface area contributed by atoms with Crippen molar-refractivity contribution >= 4 is 29.3 Å². The summed E-state index contributed by atoms with van der Waals surface area (Å²) in [6, 6.07) is 9.06. The van der Waals surface area contributed by atoms with E-state index in [4.69, 9.17) is 5.41 Å². The van der Waals surface area contributed by atoms with Gasteiger partial charge >= 0.3 is 6.18 Å². The topological polar surface area (TPSA) is 122 Å². The molecule has 1 aliphatic carbocycles. The van der Waals surface area contributed by atoms with E-state index in [-0.39, 0.29) is 35.2 Å². The van der Waals surface area contributed by atoms with Crippen molar-refractivity contribution in [3.63, 3.8) is 0 Å². The molecule has 2 heterocycles. The van der Waals surface area contributed by atoms with Crippen LogP contribution in [0.1, 0.15) is 46.6 Å². The predicted octanol–water partition coefficient (Wildman–Crippen LogP) is 4.26. The number of carbonyl (C=O) groups excluding carboxylic acids is 2. The molecule has 12 heteroatoms. The van der Waals surface area contributed by atoms with E-state index in [0.717, 1.165) is 37.4 Å². The second-order valence-electron chi connectivity index (χ2n) is 9.69. The molecule has 2 fully saturated rings. The lowest BCUT2D eigenvalue weighted by atomic mass is 9.83. The van der Waals surface area contributed by atoms with Crippen molar-refractivity contribution in [3.8, 4) is 6.07 Å². The number of alkyl halides is 3. The second kappa shape index (κ2) is 10.8. The highest BCUT2D eigenvalue weighted by Crippen LogP contribution is 2.51. The van der Waals surface area contributed by atoms with Gasteiger partial charge in [-0.3, -0.25) is 9.59 Å². The standard InChI is InChI=1S/C27H26F4N6O2/c1-16-6-22(37-5-4-26(14-33,25(37)39)20-2-3-20)10-23(36-16)24(38)35-12-17-7-18(9-21(28)8-17)19(11-32)13-34-15-27(29,30)31/h6-11,13,20,32,34H,2-5,12,15H2,1H3,(H,35,38)/b19-13+,32-11?/t26-/m1/s1. The van der Waals surface area contributed by atoms with Crippen molar-refractivity contribution in [2.75, 3.05) is 18.0 Å². The average Bonchev–Trinajstić information content (AvgIpc) is 3.67. The highest BCUT2D eigenvalue weighted by molar-refractivity contribution is 6.08. The van der Waals surface area contributed by atoms with Gasteiger partial charge in [0.25, 0.3) is 5.91 Å². The average molecular weight is 543 g/mol. The number of carbonyl (C=O) groups is 2. The summed E-state index contributed by atoms with van der Waals surface area (Å²) in [4.78, 5) is 31.9. The third kappa shape index (κ3) is 6.25. The van der Waals surface area contributed by atoms with Crippen LogP contribution in [-0.4, -0.2) is 42.3 Å². The fourth-order valence-electron chi connectivity index (χ4n) is 4.73. The molecule has 8 nitrogen and oxygen atoms in total. The van der Waals surface area contributed by atoms with Crippen molar-refractivity contribution in [2.24, 2.45) is 11.3 Å². The van der Waals surface area contributed by atoms with Gasteiger partial charge in [0.15, 0.2) is 0 Å². The number of hydrogen-bond donors (Lipinski definition) is 3. The van der Waals surface area contributed by atoms with Crippen LogP contribution < -0.4 is 15.5 Å². The minimum absolute atomic E-state index is 0.0197. The van der Waals surface area contributed by atoms with Crippen LogP contribution >= 0.6 is 0 Å². The first kappa shape index (κ1) is 27.8.